The lowest BCUT2D eigenvalue weighted by Gasteiger charge is -2.06. The minimum Gasteiger partial charge on any atom is -0.289 e. The summed E-state index contributed by atoms with van der Waals surface area (Å²) in [5.41, 5.74) is 1.61. The Morgan fingerprint density at radius 3 is 2.76 bits per heavy atom. The first-order chi connectivity index (χ1) is 11.8. The molecule has 0 spiro atoms. The van der Waals surface area contributed by atoms with E-state index in [-0.39, 0.29) is 4.90 Å². The van der Waals surface area contributed by atoms with Gasteiger partial charge in [0.25, 0.3) is 15.9 Å². The van der Waals surface area contributed by atoms with Gasteiger partial charge in [-0.25, -0.2) is 18.1 Å². The number of aromatic nitrogens is 4. The first-order valence-electron chi connectivity index (χ1n) is 7.20. The predicted molar refractivity (Wildman–Crippen MR) is 95.8 cm³/mol. The van der Waals surface area contributed by atoms with E-state index in [1.807, 2.05) is 16.0 Å². The van der Waals surface area contributed by atoms with Gasteiger partial charge in [-0.05, 0) is 19.9 Å². The second kappa shape index (κ2) is 5.38. The average molecular weight is 395 g/mol. The van der Waals surface area contributed by atoms with Crippen molar-refractivity contribution in [3.8, 4) is 0 Å². The van der Waals surface area contributed by atoms with Gasteiger partial charge in [0.05, 0.1) is 21.8 Å². The number of aryl methyl sites for hydroxylation is 2. The molecule has 0 fully saturated rings. The maximum atomic E-state index is 12.6. The number of fused-ring (bicyclic) bond motifs is 3. The highest BCUT2D eigenvalue weighted by Gasteiger charge is 2.27. The Labute approximate surface area is 150 Å². The lowest BCUT2D eigenvalue weighted by atomic mass is 10.4. The van der Waals surface area contributed by atoms with Crippen LogP contribution in [0.4, 0.5) is 0 Å². The van der Waals surface area contributed by atoms with Crippen molar-refractivity contribution in [2.45, 2.75) is 18.7 Å². The molecule has 130 valence electrons. The Morgan fingerprint density at radius 2 is 2.08 bits per heavy atom. The molecule has 0 aliphatic carbocycles. The Balaban J connectivity index is 1.70. The number of carbonyl (C=O) groups is 1. The topological polar surface area (TPSA) is 98.4 Å². The van der Waals surface area contributed by atoms with E-state index in [1.165, 1.54) is 16.0 Å². The van der Waals surface area contributed by atoms with Gasteiger partial charge in [-0.1, -0.05) is 0 Å². The van der Waals surface area contributed by atoms with E-state index in [0.717, 1.165) is 21.8 Å². The van der Waals surface area contributed by atoms with Gasteiger partial charge in [0.15, 0.2) is 4.96 Å². The Hall–Kier alpha value is -2.24. The molecule has 4 aromatic rings. The number of thiazole rings is 1. The van der Waals surface area contributed by atoms with E-state index >= 15 is 0 Å². The highest BCUT2D eigenvalue weighted by molar-refractivity contribution is 7.90. The predicted octanol–water partition coefficient (Wildman–Crippen LogP) is 2.08. The van der Waals surface area contributed by atoms with Crippen LogP contribution in [0.2, 0.25) is 0 Å². The van der Waals surface area contributed by atoms with E-state index in [2.05, 4.69) is 14.8 Å². The Kier molecular flexibility index (Phi) is 3.49. The Morgan fingerprint density at radius 1 is 1.32 bits per heavy atom. The largest absolute Gasteiger partial charge is 0.289 e. The van der Waals surface area contributed by atoms with Crippen molar-refractivity contribution in [2.75, 3.05) is 0 Å². The number of imidazole rings is 1. The number of hydrogen-bond acceptors (Lipinski definition) is 7. The number of nitrogens with one attached hydrogen (secondary N) is 1. The van der Waals surface area contributed by atoms with E-state index in [0.29, 0.717) is 21.1 Å². The number of nitrogens with zero attached hydrogens (tertiary/aromatic N) is 4. The van der Waals surface area contributed by atoms with Crippen molar-refractivity contribution in [1.29, 1.82) is 0 Å². The molecule has 4 aromatic heterocycles. The fourth-order valence-corrected chi connectivity index (χ4v) is 5.89. The number of hydrogen-bond donors (Lipinski definition) is 1. The van der Waals surface area contributed by atoms with Crippen molar-refractivity contribution >= 4 is 53.9 Å². The number of thiophene rings is 1. The summed E-state index contributed by atoms with van der Waals surface area (Å²) in [6.07, 6.45) is 1.86. The Bertz CT molecular complexity index is 1240. The fraction of sp³-hybridized carbons (Fsp3) is 0.214. The van der Waals surface area contributed by atoms with Crippen LogP contribution in [0, 0.1) is 13.8 Å². The minimum atomic E-state index is -4.00. The van der Waals surface area contributed by atoms with Gasteiger partial charge in [-0.3, -0.25) is 13.9 Å². The third-order valence-corrected chi connectivity index (χ3v) is 7.26. The summed E-state index contributed by atoms with van der Waals surface area (Å²) >= 11 is 2.66. The number of carbonyl (C=O) groups excluding carboxylic acids is 1. The van der Waals surface area contributed by atoms with Crippen LogP contribution in [0.15, 0.2) is 22.5 Å². The molecule has 25 heavy (non-hydrogen) atoms. The smallest absolute Gasteiger partial charge is 0.275 e. The van der Waals surface area contributed by atoms with Gasteiger partial charge >= 0.3 is 0 Å². The third-order valence-electron chi connectivity index (χ3n) is 3.90. The van der Waals surface area contributed by atoms with Gasteiger partial charge in [0.2, 0.25) is 0 Å². The molecule has 0 saturated carbocycles. The maximum Gasteiger partial charge on any atom is 0.275 e. The summed E-state index contributed by atoms with van der Waals surface area (Å²) in [4.78, 5) is 18.7. The summed E-state index contributed by atoms with van der Waals surface area (Å²) in [6.45, 7) is 3.24. The molecule has 1 N–H and O–H groups in total. The van der Waals surface area contributed by atoms with Crippen molar-refractivity contribution in [1.82, 2.24) is 23.9 Å². The van der Waals surface area contributed by atoms with Crippen LogP contribution in [0.5, 0.6) is 0 Å². The van der Waals surface area contributed by atoms with Crippen LogP contribution in [-0.2, 0) is 17.1 Å². The first kappa shape index (κ1) is 16.2. The molecule has 0 radical (unpaired) electrons. The van der Waals surface area contributed by atoms with Gasteiger partial charge in [0.1, 0.15) is 9.73 Å². The lowest BCUT2D eigenvalue weighted by molar-refractivity contribution is 0.0985. The summed E-state index contributed by atoms with van der Waals surface area (Å²) in [5, 5.41) is 5.99. The molecule has 0 aliphatic rings. The van der Waals surface area contributed by atoms with Gasteiger partial charge < -0.3 is 0 Å². The highest BCUT2D eigenvalue weighted by Crippen LogP contribution is 2.28. The van der Waals surface area contributed by atoms with Crippen molar-refractivity contribution in [2.24, 2.45) is 7.05 Å². The van der Waals surface area contributed by atoms with Crippen LogP contribution in [0.25, 0.3) is 15.3 Å². The SMILES string of the molecule is Cc1nn(C)c(C)c1S(=O)(=O)NC(=O)c1cc2c(nc3sccn32)s1. The monoisotopic (exact) mass is 395 g/mol. The first-order valence-corrected chi connectivity index (χ1v) is 10.4. The molecule has 0 bridgehead atoms. The number of amides is 1. The zero-order valence-corrected chi connectivity index (χ0v) is 15.9. The van der Waals surface area contributed by atoms with Crippen LogP contribution in [-0.4, -0.2) is 33.5 Å². The molecule has 1 amide bonds. The van der Waals surface area contributed by atoms with E-state index < -0.39 is 15.9 Å². The zero-order valence-electron chi connectivity index (χ0n) is 13.5. The molecule has 0 aliphatic heterocycles. The standard InChI is InChI=1S/C14H13N5O3S3/c1-7-11(8(2)18(3)16-7)25(21,22)17-12(20)10-6-9-13(24-10)15-14-19(9)4-5-23-14/h4-6H,1-3H3,(H,17,20). The second-order valence-corrected chi connectivity index (χ2v) is 9.05. The van der Waals surface area contributed by atoms with Gasteiger partial charge in [-0.15, -0.1) is 22.7 Å². The molecular weight excluding hydrogens is 382 g/mol. The molecule has 4 heterocycles. The van der Waals surface area contributed by atoms with Crippen LogP contribution in [0.3, 0.4) is 0 Å². The van der Waals surface area contributed by atoms with Crippen LogP contribution >= 0.6 is 22.7 Å². The van der Waals surface area contributed by atoms with E-state index in [9.17, 15) is 13.2 Å². The molecule has 0 unspecified atom stereocenters. The summed E-state index contributed by atoms with van der Waals surface area (Å²) in [6, 6.07) is 1.65. The van der Waals surface area contributed by atoms with Crippen LogP contribution in [0.1, 0.15) is 21.1 Å². The molecule has 8 nitrogen and oxygen atoms in total. The quantitative estimate of drug-likeness (QED) is 0.573. The number of rotatable bonds is 3. The van der Waals surface area contributed by atoms with Crippen LogP contribution < -0.4 is 4.72 Å². The van der Waals surface area contributed by atoms with Crippen molar-refractivity contribution < 1.29 is 13.2 Å². The lowest BCUT2D eigenvalue weighted by Crippen LogP contribution is -2.30. The van der Waals surface area contributed by atoms with Gasteiger partial charge in [-0.2, -0.15) is 5.10 Å². The molecule has 0 atom stereocenters. The minimum absolute atomic E-state index is 0.0339. The normalized spacial score (nSPS) is 12.3. The fourth-order valence-electron chi connectivity index (χ4n) is 2.73. The third kappa shape index (κ3) is 2.46. The summed E-state index contributed by atoms with van der Waals surface area (Å²) in [7, 11) is -2.34. The molecule has 0 aromatic carbocycles. The maximum absolute atomic E-state index is 12.6. The average Bonchev–Trinajstić information content (AvgIpc) is 3.20. The van der Waals surface area contributed by atoms with Gasteiger partial charge in [0, 0.05) is 18.6 Å². The summed E-state index contributed by atoms with van der Waals surface area (Å²) < 4.78 is 30.7. The molecule has 0 saturated heterocycles. The summed E-state index contributed by atoms with van der Waals surface area (Å²) in [5.74, 6) is -0.672. The molecule has 4 rings (SSSR count). The molecule has 11 heteroatoms. The number of sulfonamides is 1. The molecular formula is C14H13N5O3S3. The van der Waals surface area contributed by atoms with E-state index in [1.54, 1.807) is 27.0 Å². The second-order valence-electron chi connectivity index (χ2n) is 5.53. The van der Waals surface area contributed by atoms with Crippen molar-refractivity contribution in [3.63, 3.8) is 0 Å². The van der Waals surface area contributed by atoms with E-state index in [4.69, 9.17) is 0 Å². The highest BCUT2D eigenvalue weighted by atomic mass is 32.2. The zero-order chi connectivity index (χ0) is 17.9. The van der Waals surface area contributed by atoms with Crippen molar-refractivity contribution in [3.05, 3.63) is 33.9 Å².